The van der Waals surface area contributed by atoms with Crippen molar-refractivity contribution in [3.05, 3.63) is 42.7 Å². The Morgan fingerprint density at radius 1 is 1.17 bits per heavy atom. The number of nitrogens with one attached hydrogen (secondary N) is 2. The minimum atomic E-state index is -1.48. The maximum Gasteiger partial charge on any atom is 0.424 e. The number of rotatable bonds is 6. The molecular formula is C17H19FN8O3. The molecule has 3 aromatic rings. The van der Waals surface area contributed by atoms with Gasteiger partial charge in [0, 0.05) is 12.2 Å². The molecule has 5 N–H and O–H groups in total. The first kappa shape index (κ1) is 19.9. The molecule has 0 unspecified atom stereocenters. The highest BCUT2D eigenvalue weighted by Gasteiger charge is 2.24. The molecular weight excluding hydrogens is 383 g/mol. The monoisotopic (exact) mass is 402 g/mol. The van der Waals surface area contributed by atoms with E-state index in [9.17, 15) is 14.0 Å². The third-order valence-electron chi connectivity index (χ3n) is 3.95. The van der Waals surface area contributed by atoms with Gasteiger partial charge in [0.1, 0.15) is 12.1 Å². The molecule has 0 fully saturated rings. The largest absolute Gasteiger partial charge is 0.464 e. The third kappa shape index (κ3) is 4.73. The van der Waals surface area contributed by atoms with Crippen LogP contribution < -0.4 is 21.5 Å². The van der Waals surface area contributed by atoms with Gasteiger partial charge in [-0.15, -0.1) is 0 Å². The van der Waals surface area contributed by atoms with Crippen molar-refractivity contribution in [1.29, 1.82) is 0 Å². The van der Waals surface area contributed by atoms with Crippen molar-refractivity contribution in [3.63, 3.8) is 0 Å². The quantitative estimate of drug-likeness (QED) is 0.363. The fourth-order valence-corrected chi connectivity index (χ4v) is 2.63. The van der Waals surface area contributed by atoms with Gasteiger partial charge in [-0.3, -0.25) is 0 Å². The number of aromatic nitrogens is 4. The zero-order valence-electron chi connectivity index (χ0n) is 15.2. The number of carbonyl (C=O) groups is 2. The minimum absolute atomic E-state index is 0.0467. The van der Waals surface area contributed by atoms with Crippen molar-refractivity contribution in [2.24, 2.45) is 5.73 Å². The molecule has 0 spiro atoms. The van der Waals surface area contributed by atoms with E-state index in [0.29, 0.717) is 23.7 Å². The van der Waals surface area contributed by atoms with Crippen LogP contribution in [0.3, 0.4) is 0 Å². The summed E-state index contributed by atoms with van der Waals surface area (Å²) in [5.74, 6) is -0.518. The summed E-state index contributed by atoms with van der Waals surface area (Å²) in [5.41, 5.74) is 8.45. The van der Waals surface area contributed by atoms with E-state index in [1.165, 1.54) is 24.8 Å². The summed E-state index contributed by atoms with van der Waals surface area (Å²) in [6.07, 6.45) is 2.90. The molecule has 3 rings (SSSR count). The number of halogens is 1. The molecule has 2 heterocycles. The van der Waals surface area contributed by atoms with Crippen LogP contribution in [0.5, 0.6) is 0 Å². The second-order valence-corrected chi connectivity index (χ2v) is 5.99. The van der Waals surface area contributed by atoms with Gasteiger partial charge in [-0.1, -0.05) is 0 Å². The topological polar surface area (TPSA) is 151 Å². The number of imidazole rings is 1. The van der Waals surface area contributed by atoms with E-state index in [4.69, 9.17) is 10.8 Å². The van der Waals surface area contributed by atoms with E-state index in [1.54, 1.807) is 4.57 Å². The molecule has 1 aromatic carbocycles. The number of carboxylic acid groups (broad SMARTS) is 1. The number of amides is 3. The van der Waals surface area contributed by atoms with Crippen LogP contribution in [0.15, 0.2) is 36.9 Å². The zero-order valence-corrected chi connectivity index (χ0v) is 15.2. The van der Waals surface area contributed by atoms with Gasteiger partial charge < -0.3 is 20.7 Å². The number of anilines is 2. The highest BCUT2D eigenvalue weighted by molar-refractivity contribution is 6.05. The molecule has 0 radical (unpaired) electrons. The van der Waals surface area contributed by atoms with E-state index < -0.39 is 17.9 Å². The van der Waals surface area contributed by atoms with E-state index in [-0.39, 0.29) is 17.0 Å². The van der Waals surface area contributed by atoms with Gasteiger partial charge in [-0.05, 0) is 43.7 Å². The molecule has 12 heteroatoms. The highest BCUT2D eigenvalue weighted by Crippen LogP contribution is 2.22. The number of aryl methyl sites for hydroxylation is 1. The van der Waals surface area contributed by atoms with E-state index in [1.807, 2.05) is 5.43 Å². The van der Waals surface area contributed by atoms with Crippen LogP contribution in [-0.4, -0.2) is 43.3 Å². The first-order valence-corrected chi connectivity index (χ1v) is 8.71. The van der Waals surface area contributed by atoms with Crippen molar-refractivity contribution < 1.29 is 19.1 Å². The number of hydrazine groups is 1. The number of hydrogen-bond acceptors (Lipinski definition) is 6. The maximum atomic E-state index is 13.1. The van der Waals surface area contributed by atoms with Crippen LogP contribution in [0.2, 0.25) is 0 Å². The first-order valence-electron chi connectivity index (χ1n) is 8.71. The summed E-state index contributed by atoms with van der Waals surface area (Å²) in [5, 5.41) is 12.3. The average molecular weight is 402 g/mol. The Kier molecular flexibility index (Phi) is 6.14. The lowest BCUT2D eigenvalue weighted by molar-refractivity contribution is 0.192. The zero-order chi connectivity index (χ0) is 20.8. The average Bonchev–Trinajstić information content (AvgIpc) is 3.11. The Morgan fingerprint density at radius 3 is 2.62 bits per heavy atom. The fourth-order valence-electron chi connectivity index (χ4n) is 2.63. The number of hydrogen-bond donors (Lipinski definition) is 4. The molecule has 152 valence electrons. The number of unbranched alkanes of at least 4 members (excludes halogenated alkanes) is 1. The molecule has 0 bridgehead atoms. The molecule has 2 aromatic heterocycles. The smallest absolute Gasteiger partial charge is 0.424 e. The number of carbonyl (C=O) groups excluding carboxylic acids is 1. The molecule has 0 atom stereocenters. The van der Waals surface area contributed by atoms with Crippen molar-refractivity contribution >= 4 is 34.8 Å². The molecule has 0 saturated heterocycles. The van der Waals surface area contributed by atoms with Crippen LogP contribution in [0.4, 0.5) is 25.5 Å². The predicted molar refractivity (Wildman–Crippen MR) is 103 cm³/mol. The maximum absolute atomic E-state index is 13.1. The summed E-state index contributed by atoms with van der Waals surface area (Å²) >= 11 is 0. The van der Waals surface area contributed by atoms with Gasteiger partial charge in [-0.25, -0.2) is 34.4 Å². The van der Waals surface area contributed by atoms with E-state index >= 15 is 0 Å². The van der Waals surface area contributed by atoms with E-state index in [2.05, 4.69) is 20.3 Å². The third-order valence-corrected chi connectivity index (χ3v) is 3.95. The SMILES string of the molecule is NCCCCn1cnc2c(N(NC(=O)O)C(=O)Nc3ccc(F)cc3)ncnc21. The lowest BCUT2D eigenvalue weighted by atomic mass is 10.3. The van der Waals surface area contributed by atoms with Crippen LogP contribution >= 0.6 is 0 Å². The Labute approximate surface area is 164 Å². The van der Waals surface area contributed by atoms with Gasteiger partial charge in [0.15, 0.2) is 17.0 Å². The molecule has 0 saturated carbocycles. The summed E-state index contributed by atoms with van der Waals surface area (Å²) in [7, 11) is 0. The second kappa shape index (κ2) is 8.93. The number of fused-ring (bicyclic) bond motifs is 1. The number of nitrogens with zero attached hydrogens (tertiary/aromatic N) is 5. The second-order valence-electron chi connectivity index (χ2n) is 5.99. The van der Waals surface area contributed by atoms with Crippen LogP contribution in [0.25, 0.3) is 11.2 Å². The number of benzene rings is 1. The van der Waals surface area contributed by atoms with Gasteiger partial charge in [0.05, 0.1) is 6.33 Å². The first-order chi connectivity index (χ1) is 14.0. The Morgan fingerprint density at radius 2 is 1.93 bits per heavy atom. The van der Waals surface area contributed by atoms with Crippen molar-refractivity contribution in [2.45, 2.75) is 19.4 Å². The van der Waals surface area contributed by atoms with Gasteiger partial charge in [0.2, 0.25) is 0 Å². The molecule has 0 aliphatic heterocycles. The molecule has 0 aliphatic rings. The number of nitrogens with two attached hydrogens (primary N) is 1. The Balaban J connectivity index is 1.91. The van der Waals surface area contributed by atoms with Crippen LogP contribution in [0, 0.1) is 5.82 Å². The van der Waals surface area contributed by atoms with Crippen molar-refractivity contribution in [1.82, 2.24) is 24.9 Å². The minimum Gasteiger partial charge on any atom is -0.464 e. The Bertz CT molecular complexity index is 1010. The molecule has 3 amide bonds. The lowest BCUT2D eigenvalue weighted by Crippen LogP contribution is -2.48. The van der Waals surface area contributed by atoms with Crippen molar-refractivity contribution in [2.75, 3.05) is 16.9 Å². The van der Waals surface area contributed by atoms with Crippen LogP contribution in [0.1, 0.15) is 12.8 Å². The highest BCUT2D eigenvalue weighted by atomic mass is 19.1. The predicted octanol–water partition coefficient (Wildman–Crippen LogP) is 1.93. The molecule has 11 nitrogen and oxygen atoms in total. The fraction of sp³-hybridized carbons (Fsp3) is 0.235. The Hall–Kier alpha value is -3.80. The number of urea groups is 1. The van der Waals surface area contributed by atoms with Gasteiger partial charge in [0.25, 0.3) is 0 Å². The van der Waals surface area contributed by atoms with Crippen molar-refractivity contribution in [3.8, 4) is 0 Å². The van der Waals surface area contributed by atoms with Gasteiger partial charge in [-0.2, -0.15) is 5.01 Å². The van der Waals surface area contributed by atoms with Crippen LogP contribution in [-0.2, 0) is 6.54 Å². The summed E-state index contributed by atoms with van der Waals surface area (Å²) in [4.78, 5) is 36.3. The lowest BCUT2D eigenvalue weighted by Gasteiger charge is -2.21. The molecule has 29 heavy (non-hydrogen) atoms. The normalized spacial score (nSPS) is 10.7. The summed E-state index contributed by atoms with van der Waals surface area (Å²) in [6.45, 7) is 1.17. The summed E-state index contributed by atoms with van der Waals surface area (Å²) < 4.78 is 14.8. The van der Waals surface area contributed by atoms with E-state index in [0.717, 1.165) is 25.0 Å². The molecule has 0 aliphatic carbocycles. The summed E-state index contributed by atoms with van der Waals surface area (Å²) in [6, 6.07) is 4.16. The van der Waals surface area contributed by atoms with Gasteiger partial charge >= 0.3 is 12.1 Å². The standard InChI is InChI=1S/C17H19FN8O3/c18-11-3-5-12(6-4-11)23-16(27)26(24-17(28)29)15-13-14(20-9-21-15)25(10-22-13)8-2-1-7-19/h3-6,9-10,24H,1-2,7-8,19H2,(H,23,27)(H,28,29).